The van der Waals surface area contributed by atoms with Crippen molar-refractivity contribution in [2.24, 2.45) is 0 Å². The molecule has 0 unspecified atom stereocenters. The molecule has 2 heterocycles. The quantitative estimate of drug-likeness (QED) is 0.769. The lowest BCUT2D eigenvalue weighted by Crippen LogP contribution is -2.30. The molecular formula is C25H30N2O2. The summed E-state index contributed by atoms with van der Waals surface area (Å²) in [6.07, 6.45) is 2.14. The van der Waals surface area contributed by atoms with E-state index in [1.807, 2.05) is 30.9 Å². The van der Waals surface area contributed by atoms with Gasteiger partial charge in [-0.25, -0.2) is 0 Å². The van der Waals surface area contributed by atoms with E-state index >= 15 is 0 Å². The number of carbonyl (C=O) groups excluding carboxylic acids is 1. The second-order valence-electron chi connectivity index (χ2n) is 7.92. The molecule has 4 nitrogen and oxygen atoms in total. The maximum atomic E-state index is 12.9. The lowest BCUT2D eigenvalue weighted by molar-refractivity contribution is 0.0772. The summed E-state index contributed by atoms with van der Waals surface area (Å²) in [5.41, 5.74) is 7.10. The number of benzene rings is 2. The molecule has 1 fully saturated rings. The van der Waals surface area contributed by atoms with E-state index in [-0.39, 0.29) is 5.91 Å². The van der Waals surface area contributed by atoms with E-state index in [4.69, 9.17) is 4.74 Å². The molecule has 2 aliphatic rings. The highest BCUT2D eigenvalue weighted by molar-refractivity contribution is 5.96. The van der Waals surface area contributed by atoms with Crippen LogP contribution in [0.15, 0.2) is 48.0 Å². The number of fused-ring (bicyclic) bond motifs is 2. The van der Waals surface area contributed by atoms with Crippen LogP contribution in [0, 0.1) is 0 Å². The van der Waals surface area contributed by atoms with E-state index in [2.05, 4.69) is 42.3 Å². The van der Waals surface area contributed by atoms with E-state index in [1.165, 1.54) is 22.3 Å². The van der Waals surface area contributed by atoms with E-state index in [0.29, 0.717) is 25.3 Å². The van der Waals surface area contributed by atoms with E-state index in [9.17, 15) is 4.79 Å². The lowest BCUT2D eigenvalue weighted by atomic mass is 9.86. The van der Waals surface area contributed by atoms with E-state index in [1.54, 1.807) is 0 Å². The molecular weight excluding hydrogens is 360 g/mol. The fourth-order valence-electron chi connectivity index (χ4n) is 4.38. The summed E-state index contributed by atoms with van der Waals surface area (Å²) in [5.74, 6) is 0.886. The van der Waals surface area contributed by atoms with Gasteiger partial charge in [0.15, 0.2) is 0 Å². The van der Waals surface area contributed by atoms with Gasteiger partial charge in [0.1, 0.15) is 12.4 Å². The average molecular weight is 391 g/mol. The van der Waals surface area contributed by atoms with Gasteiger partial charge >= 0.3 is 0 Å². The molecule has 2 aromatic carbocycles. The Labute approximate surface area is 173 Å². The summed E-state index contributed by atoms with van der Waals surface area (Å²) >= 11 is 0. The molecule has 0 radical (unpaired) electrons. The highest BCUT2D eigenvalue weighted by Crippen LogP contribution is 2.41. The Hall–Kier alpha value is -2.59. The maximum Gasteiger partial charge on any atom is 0.253 e. The number of likely N-dealkylation sites (tertiary alicyclic amines) is 1. The maximum absolute atomic E-state index is 12.9. The highest BCUT2D eigenvalue weighted by atomic mass is 16.5. The van der Waals surface area contributed by atoms with Crippen molar-refractivity contribution < 1.29 is 9.53 Å². The first-order valence-corrected chi connectivity index (χ1v) is 10.7. The van der Waals surface area contributed by atoms with Crippen molar-refractivity contribution in [3.63, 3.8) is 0 Å². The van der Waals surface area contributed by atoms with Crippen molar-refractivity contribution in [3.8, 4) is 5.75 Å². The van der Waals surface area contributed by atoms with Crippen LogP contribution in [0.3, 0.4) is 0 Å². The number of carbonyl (C=O) groups is 1. The molecule has 2 aromatic rings. The Bertz CT molecular complexity index is 934. The zero-order valence-electron chi connectivity index (χ0n) is 17.7. The minimum atomic E-state index is 0.0663. The summed E-state index contributed by atoms with van der Waals surface area (Å²) in [6.45, 7) is 8.14. The predicted molar refractivity (Wildman–Crippen MR) is 117 cm³/mol. The Kier molecular flexibility index (Phi) is 5.72. The smallest absolute Gasteiger partial charge is 0.253 e. The molecule has 0 atom stereocenters. The first-order valence-electron chi connectivity index (χ1n) is 10.7. The third-order valence-corrected chi connectivity index (χ3v) is 6.16. The van der Waals surface area contributed by atoms with Gasteiger partial charge in [-0.2, -0.15) is 0 Å². The van der Waals surface area contributed by atoms with Crippen molar-refractivity contribution in [1.82, 2.24) is 9.80 Å². The molecule has 29 heavy (non-hydrogen) atoms. The molecule has 0 bridgehead atoms. The molecule has 4 heteroatoms. The number of amides is 1. The van der Waals surface area contributed by atoms with Gasteiger partial charge in [-0.05, 0) is 68.6 Å². The molecule has 0 aromatic heterocycles. The molecule has 152 valence electrons. The van der Waals surface area contributed by atoms with Crippen LogP contribution in [0.2, 0.25) is 0 Å². The minimum absolute atomic E-state index is 0.0663. The molecule has 0 aliphatic carbocycles. The van der Waals surface area contributed by atoms with E-state index in [0.717, 1.165) is 37.2 Å². The van der Waals surface area contributed by atoms with Crippen LogP contribution < -0.4 is 4.74 Å². The Morgan fingerprint density at radius 2 is 1.76 bits per heavy atom. The third-order valence-electron chi connectivity index (χ3n) is 6.16. The normalized spacial score (nSPS) is 16.5. The first-order chi connectivity index (χ1) is 14.1. The van der Waals surface area contributed by atoms with Gasteiger partial charge in [-0.1, -0.05) is 29.8 Å². The zero-order valence-corrected chi connectivity index (χ0v) is 17.7. The van der Waals surface area contributed by atoms with Crippen LogP contribution in [0.1, 0.15) is 53.7 Å². The van der Waals surface area contributed by atoms with Crippen LogP contribution in [-0.4, -0.2) is 48.9 Å². The molecule has 1 saturated heterocycles. The molecule has 0 spiro atoms. The van der Waals surface area contributed by atoms with Gasteiger partial charge < -0.3 is 14.5 Å². The Morgan fingerprint density at radius 3 is 2.48 bits per heavy atom. The SMILES string of the molecule is CCN(CC)C(=O)c1ccc2c(c1)OCc1ccccc1C2=C1CCN(C)CC1. The van der Waals surface area contributed by atoms with Crippen molar-refractivity contribution in [2.75, 3.05) is 33.2 Å². The summed E-state index contributed by atoms with van der Waals surface area (Å²) in [4.78, 5) is 17.1. The number of ether oxygens (including phenoxy) is 1. The number of hydrogen-bond donors (Lipinski definition) is 0. The topological polar surface area (TPSA) is 32.8 Å². The van der Waals surface area contributed by atoms with Crippen molar-refractivity contribution >= 4 is 11.5 Å². The fraction of sp³-hybridized carbons (Fsp3) is 0.400. The van der Waals surface area contributed by atoms with Crippen LogP contribution in [0.4, 0.5) is 0 Å². The van der Waals surface area contributed by atoms with Gasteiger partial charge in [0.25, 0.3) is 5.91 Å². The van der Waals surface area contributed by atoms with Gasteiger partial charge in [0, 0.05) is 37.3 Å². The molecule has 2 aliphatic heterocycles. The van der Waals surface area contributed by atoms with E-state index < -0.39 is 0 Å². The number of nitrogens with zero attached hydrogens (tertiary/aromatic N) is 2. The molecule has 4 rings (SSSR count). The minimum Gasteiger partial charge on any atom is -0.488 e. The number of hydrogen-bond acceptors (Lipinski definition) is 3. The van der Waals surface area contributed by atoms with Gasteiger partial charge in [0.2, 0.25) is 0 Å². The monoisotopic (exact) mass is 390 g/mol. The Balaban J connectivity index is 1.82. The average Bonchev–Trinajstić information content (AvgIpc) is 2.91. The van der Waals surface area contributed by atoms with Crippen molar-refractivity contribution in [2.45, 2.75) is 33.3 Å². The summed E-state index contributed by atoms with van der Waals surface area (Å²) in [5, 5.41) is 0. The lowest BCUT2D eigenvalue weighted by Gasteiger charge is -2.27. The van der Waals surface area contributed by atoms with Crippen molar-refractivity contribution in [3.05, 3.63) is 70.3 Å². The summed E-state index contributed by atoms with van der Waals surface area (Å²) in [6, 6.07) is 14.5. The van der Waals surface area contributed by atoms with Gasteiger partial charge in [0.05, 0.1) is 0 Å². The second-order valence-corrected chi connectivity index (χ2v) is 7.92. The van der Waals surface area contributed by atoms with Crippen molar-refractivity contribution in [1.29, 1.82) is 0 Å². The summed E-state index contributed by atoms with van der Waals surface area (Å²) < 4.78 is 6.24. The standard InChI is InChI=1S/C25H30N2O2/c1-4-27(5-2)25(28)19-10-11-22-23(16-19)29-17-20-8-6-7-9-21(20)24(22)18-12-14-26(3)15-13-18/h6-11,16H,4-5,12-15,17H2,1-3H3. The van der Waals surface area contributed by atoms with Gasteiger partial charge in [-0.15, -0.1) is 0 Å². The van der Waals surface area contributed by atoms with Crippen LogP contribution in [-0.2, 0) is 6.61 Å². The second kappa shape index (κ2) is 8.42. The highest BCUT2D eigenvalue weighted by Gasteiger charge is 2.25. The van der Waals surface area contributed by atoms with Crippen LogP contribution in [0.5, 0.6) is 5.75 Å². The molecule has 0 N–H and O–H groups in total. The van der Waals surface area contributed by atoms with Crippen LogP contribution >= 0.6 is 0 Å². The fourth-order valence-corrected chi connectivity index (χ4v) is 4.38. The number of rotatable bonds is 3. The zero-order chi connectivity index (χ0) is 20.4. The summed E-state index contributed by atoms with van der Waals surface area (Å²) in [7, 11) is 2.19. The first kappa shape index (κ1) is 19.7. The number of piperidine rings is 1. The molecule has 0 saturated carbocycles. The van der Waals surface area contributed by atoms with Crippen LogP contribution in [0.25, 0.3) is 5.57 Å². The predicted octanol–water partition coefficient (Wildman–Crippen LogP) is 4.59. The molecule has 1 amide bonds. The van der Waals surface area contributed by atoms with Gasteiger partial charge in [-0.3, -0.25) is 4.79 Å². The third kappa shape index (κ3) is 3.82. The largest absolute Gasteiger partial charge is 0.488 e. The Morgan fingerprint density at radius 1 is 1.03 bits per heavy atom.